The predicted molar refractivity (Wildman–Crippen MR) is 167 cm³/mol. The number of fused-ring (bicyclic) bond motifs is 6. The molecule has 0 unspecified atom stereocenters. The molecule has 5 heteroatoms. The van der Waals surface area contributed by atoms with Gasteiger partial charge in [-0.2, -0.15) is 0 Å². The first-order valence-electron chi connectivity index (χ1n) is 13.7. The van der Waals surface area contributed by atoms with Crippen LogP contribution < -0.4 is 0 Å². The number of para-hydroxylation sites is 1. The third-order valence-corrected chi connectivity index (χ3v) is 7.77. The molecule has 2 aromatic heterocycles. The fraction of sp³-hybridized carbons (Fsp3) is 0.135. The zero-order valence-corrected chi connectivity index (χ0v) is 26.4. The summed E-state index contributed by atoms with van der Waals surface area (Å²) in [4.78, 5) is 14.6. The molecule has 4 aromatic carbocycles. The van der Waals surface area contributed by atoms with E-state index in [1.807, 2.05) is 24.4 Å². The Balaban J connectivity index is 0.000000396. The number of allylic oxidation sites excluding steroid dienone is 2. The molecular weight excluding hydrogens is 697 g/mol. The number of carbonyl (C=O) groups is 1. The molecule has 0 amide bonds. The zero-order chi connectivity index (χ0) is 28.7. The van der Waals surface area contributed by atoms with Crippen LogP contribution in [0, 0.1) is 6.07 Å². The van der Waals surface area contributed by atoms with Crippen molar-refractivity contribution < 1.29 is 30.0 Å². The van der Waals surface area contributed by atoms with Crippen molar-refractivity contribution in [3.8, 4) is 28.1 Å². The summed E-state index contributed by atoms with van der Waals surface area (Å²) in [5.41, 5.74) is 10.9. The first-order valence-corrected chi connectivity index (χ1v) is 13.7. The van der Waals surface area contributed by atoms with Gasteiger partial charge >= 0.3 is 0 Å². The summed E-state index contributed by atoms with van der Waals surface area (Å²) in [6.07, 6.45) is 3.01. The molecule has 0 fully saturated rings. The molecule has 0 bridgehead atoms. The van der Waals surface area contributed by atoms with Crippen LogP contribution in [-0.2, 0) is 30.3 Å². The summed E-state index contributed by atoms with van der Waals surface area (Å²) in [7, 11) is 0. The number of nitrogens with zero attached hydrogens (tertiary/aromatic N) is 2. The van der Waals surface area contributed by atoms with Gasteiger partial charge in [-0.1, -0.05) is 73.8 Å². The van der Waals surface area contributed by atoms with Gasteiger partial charge in [0.15, 0.2) is 5.78 Å². The van der Waals surface area contributed by atoms with E-state index in [1.165, 1.54) is 58.5 Å². The number of carbonyl (C=O) groups excluding carboxylic acids is 1. The molecule has 0 spiro atoms. The Hall–Kier alpha value is -4.31. The van der Waals surface area contributed by atoms with Crippen molar-refractivity contribution in [2.45, 2.75) is 33.1 Å². The van der Waals surface area contributed by atoms with Crippen LogP contribution >= 0.6 is 0 Å². The van der Waals surface area contributed by atoms with E-state index in [0.717, 1.165) is 22.5 Å². The number of rotatable bonds is 3. The van der Waals surface area contributed by atoms with E-state index in [1.54, 1.807) is 0 Å². The number of pyridine rings is 1. The molecule has 211 valence electrons. The molecule has 42 heavy (non-hydrogen) atoms. The number of hydrogen-bond acceptors (Lipinski definition) is 3. The summed E-state index contributed by atoms with van der Waals surface area (Å²) in [6.45, 7) is 7.53. The molecule has 7 rings (SSSR count). The number of aliphatic hydroxyl groups is 1. The molecule has 1 N–H and O–H groups in total. The van der Waals surface area contributed by atoms with Crippen molar-refractivity contribution in [1.29, 1.82) is 0 Å². The van der Waals surface area contributed by atoms with Gasteiger partial charge in [0.05, 0.1) is 5.76 Å². The second-order valence-corrected chi connectivity index (χ2v) is 11.0. The smallest absolute Gasteiger partial charge is 0.155 e. The fourth-order valence-electron chi connectivity index (χ4n) is 5.97. The molecule has 6 aromatic rings. The minimum absolute atomic E-state index is 0. The van der Waals surface area contributed by atoms with Crippen molar-refractivity contribution in [1.82, 2.24) is 9.55 Å². The van der Waals surface area contributed by atoms with Crippen molar-refractivity contribution in [3.05, 3.63) is 132 Å². The van der Waals surface area contributed by atoms with Crippen LogP contribution in [0.25, 0.3) is 49.9 Å². The Morgan fingerprint density at radius 3 is 2.19 bits per heavy atom. The van der Waals surface area contributed by atoms with Crippen LogP contribution in [0.15, 0.2) is 115 Å². The maximum absolute atomic E-state index is 10.0. The van der Waals surface area contributed by atoms with E-state index in [-0.39, 0.29) is 37.1 Å². The van der Waals surface area contributed by atoms with Gasteiger partial charge in [0.1, 0.15) is 0 Å². The maximum atomic E-state index is 10.0. The first-order chi connectivity index (χ1) is 19.8. The molecule has 0 aliphatic heterocycles. The fourth-order valence-corrected chi connectivity index (χ4v) is 5.97. The first kappa shape index (κ1) is 29.2. The van der Waals surface area contributed by atoms with Gasteiger partial charge < -0.3 is 14.7 Å². The number of benzene rings is 4. The Kier molecular flexibility index (Phi) is 8.01. The van der Waals surface area contributed by atoms with Gasteiger partial charge in [-0.3, -0.25) is 4.79 Å². The number of hydrogen-bond donors (Lipinski definition) is 1. The third kappa shape index (κ3) is 5.11. The molecule has 1 aliphatic rings. The minimum atomic E-state index is -0.125. The van der Waals surface area contributed by atoms with Crippen LogP contribution in [0.1, 0.15) is 38.8 Å². The number of ketones is 1. The maximum Gasteiger partial charge on any atom is 0.155 e. The summed E-state index contributed by atoms with van der Waals surface area (Å²) in [5.74, 6) is -0.0625. The van der Waals surface area contributed by atoms with Crippen molar-refractivity contribution >= 4 is 27.6 Å². The minimum Gasteiger partial charge on any atom is -0.512 e. The van der Waals surface area contributed by atoms with Crippen LogP contribution in [0.4, 0.5) is 0 Å². The summed E-state index contributed by atoms with van der Waals surface area (Å²) in [6, 6.07) is 38.2. The summed E-state index contributed by atoms with van der Waals surface area (Å²) in [5, 5.41) is 10.8. The Labute approximate surface area is 259 Å². The van der Waals surface area contributed by atoms with Crippen molar-refractivity contribution in [2.24, 2.45) is 0 Å². The molecule has 0 saturated carbocycles. The summed E-state index contributed by atoms with van der Waals surface area (Å²) >= 11 is 0. The van der Waals surface area contributed by atoms with E-state index in [9.17, 15) is 4.79 Å². The standard InChI is InChI=1S/C32H23N2.C5H8O2.Ir/c1-32(2)27-13-7-6-12-23(27)24-19-26-25-18-21(29-14-8-9-17-33-29)15-16-30(25)34(31(26)20-28(24)32)22-10-4-3-5-11-22;1-4(6)3-5(2)7;/h3-14,16-20H,1-2H3;3,6H,1-2H3;/q-1;;/b;4-3-;. The Bertz CT molecular complexity index is 1950. The molecule has 0 saturated heterocycles. The van der Waals surface area contributed by atoms with E-state index in [0.29, 0.717) is 0 Å². The van der Waals surface area contributed by atoms with Gasteiger partial charge in [-0.05, 0) is 83.0 Å². The van der Waals surface area contributed by atoms with Gasteiger partial charge in [-0.15, -0.1) is 23.8 Å². The van der Waals surface area contributed by atoms with E-state index >= 15 is 0 Å². The summed E-state index contributed by atoms with van der Waals surface area (Å²) < 4.78 is 2.38. The van der Waals surface area contributed by atoms with Crippen LogP contribution in [0.3, 0.4) is 0 Å². The van der Waals surface area contributed by atoms with Gasteiger partial charge in [0.2, 0.25) is 0 Å². The average Bonchev–Trinajstić information content (AvgIpc) is 3.41. The van der Waals surface area contributed by atoms with Gasteiger partial charge in [0, 0.05) is 49.0 Å². The van der Waals surface area contributed by atoms with Crippen molar-refractivity contribution in [2.75, 3.05) is 0 Å². The number of aliphatic hydroxyl groups excluding tert-OH is 1. The monoisotopic (exact) mass is 728 g/mol. The SMILES string of the molecule is CC(=O)/C=C(/C)O.CC1(C)c2ccccc2-c2cc3c4cc(-c5ccccn5)[c-]cc4n(-c4ccccc4)c3cc21.[Ir]. The van der Waals surface area contributed by atoms with Gasteiger partial charge in [0.25, 0.3) is 0 Å². The average molecular weight is 728 g/mol. The largest absolute Gasteiger partial charge is 0.512 e. The number of aromatic nitrogens is 2. The van der Waals surface area contributed by atoms with Gasteiger partial charge in [-0.25, -0.2) is 0 Å². The molecule has 1 radical (unpaired) electrons. The Morgan fingerprint density at radius 2 is 1.52 bits per heavy atom. The molecule has 4 nitrogen and oxygen atoms in total. The van der Waals surface area contributed by atoms with E-state index < -0.39 is 0 Å². The third-order valence-electron chi connectivity index (χ3n) is 7.77. The van der Waals surface area contributed by atoms with Crippen LogP contribution in [0.2, 0.25) is 0 Å². The Morgan fingerprint density at radius 1 is 0.833 bits per heavy atom. The normalized spacial score (nSPS) is 13.1. The second-order valence-electron chi connectivity index (χ2n) is 11.0. The quantitative estimate of drug-likeness (QED) is 0.113. The molecular formula is C37H31IrN2O2-. The second kappa shape index (κ2) is 11.5. The molecule has 0 atom stereocenters. The van der Waals surface area contributed by atoms with Crippen molar-refractivity contribution in [3.63, 3.8) is 0 Å². The predicted octanol–water partition coefficient (Wildman–Crippen LogP) is 8.99. The van der Waals surface area contributed by atoms with Crippen LogP contribution in [0.5, 0.6) is 0 Å². The molecule has 1 aliphatic carbocycles. The molecule has 2 heterocycles. The van der Waals surface area contributed by atoms with E-state index in [2.05, 4.69) is 108 Å². The van der Waals surface area contributed by atoms with Crippen LogP contribution in [-0.4, -0.2) is 20.4 Å². The zero-order valence-electron chi connectivity index (χ0n) is 24.0. The van der Waals surface area contributed by atoms with E-state index in [4.69, 9.17) is 5.11 Å². The topological polar surface area (TPSA) is 55.1 Å².